The quantitative estimate of drug-likeness (QED) is 0.876. The molecule has 1 unspecified atom stereocenters. The second-order valence-electron chi connectivity index (χ2n) is 7.80. The van der Waals surface area contributed by atoms with Gasteiger partial charge in [0, 0.05) is 45.4 Å². The van der Waals surface area contributed by atoms with Gasteiger partial charge in [-0.2, -0.15) is 0 Å². The van der Waals surface area contributed by atoms with Crippen molar-refractivity contribution in [2.45, 2.75) is 45.7 Å². The Morgan fingerprint density at radius 2 is 1.88 bits per heavy atom. The molecule has 2 aliphatic rings. The molecule has 0 aromatic heterocycles. The summed E-state index contributed by atoms with van der Waals surface area (Å²) in [5, 5.41) is 3.18. The standard InChI is InChI=1S/C21H33N3O2/c1-16-4-5-17(2)20(14-16)18(3)22-21(25)15-23-8-10-24(11-9-23)19-6-12-26-13-7-19/h4-5,14,18-19H,6-13,15H2,1-3H3,(H,22,25). The summed E-state index contributed by atoms with van der Waals surface area (Å²) in [7, 11) is 0. The first-order valence-corrected chi connectivity index (χ1v) is 9.93. The summed E-state index contributed by atoms with van der Waals surface area (Å²) in [4.78, 5) is 17.3. The Labute approximate surface area is 157 Å². The Balaban J connectivity index is 1.44. The lowest BCUT2D eigenvalue weighted by Crippen LogP contribution is -2.53. The highest BCUT2D eigenvalue weighted by Gasteiger charge is 2.26. The summed E-state index contributed by atoms with van der Waals surface area (Å²) >= 11 is 0. The van der Waals surface area contributed by atoms with E-state index in [0.29, 0.717) is 12.6 Å². The van der Waals surface area contributed by atoms with Gasteiger partial charge in [-0.05, 0) is 44.7 Å². The molecule has 2 heterocycles. The lowest BCUT2D eigenvalue weighted by Gasteiger charge is -2.40. The first-order chi connectivity index (χ1) is 12.5. The van der Waals surface area contributed by atoms with Crippen LogP contribution in [0.25, 0.3) is 0 Å². The number of amides is 1. The van der Waals surface area contributed by atoms with Crippen LogP contribution in [0.3, 0.4) is 0 Å². The first kappa shape index (κ1) is 19.3. The van der Waals surface area contributed by atoms with Crippen LogP contribution in [0.15, 0.2) is 18.2 Å². The van der Waals surface area contributed by atoms with Gasteiger partial charge in [0.15, 0.2) is 0 Å². The molecule has 2 aliphatic heterocycles. The van der Waals surface area contributed by atoms with Gasteiger partial charge in [-0.1, -0.05) is 23.8 Å². The maximum absolute atomic E-state index is 12.5. The molecule has 1 N–H and O–H groups in total. The van der Waals surface area contributed by atoms with Gasteiger partial charge in [0.25, 0.3) is 0 Å². The Bertz CT molecular complexity index is 605. The van der Waals surface area contributed by atoms with Gasteiger partial charge in [0.2, 0.25) is 5.91 Å². The maximum atomic E-state index is 12.5. The molecule has 1 aromatic carbocycles. The number of aryl methyl sites for hydroxylation is 2. The number of ether oxygens (including phenoxy) is 1. The minimum absolute atomic E-state index is 0.0472. The van der Waals surface area contributed by atoms with Crippen molar-refractivity contribution >= 4 is 5.91 Å². The summed E-state index contributed by atoms with van der Waals surface area (Å²) in [6.45, 7) is 12.6. The molecular weight excluding hydrogens is 326 g/mol. The molecule has 1 aromatic rings. The predicted octanol–water partition coefficient (Wildman–Crippen LogP) is 2.28. The maximum Gasteiger partial charge on any atom is 0.234 e. The minimum Gasteiger partial charge on any atom is -0.381 e. The van der Waals surface area contributed by atoms with E-state index in [9.17, 15) is 4.79 Å². The van der Waals surface area contributed by atoms with Gasteiger partial charge in [0.1, 0.15) is 0 Å². The highest BCUT2D eigenvalue weighted by molar-refractivity contribution is 5.78. The molecule has 5 heteroatoms. The van der Waals surface area contributed by atoms with Gasteiger partial charge in [-0.15, -0.1) is 0 Å². The molecule has 144 valence electrons. The molecule has 0 radical (unpaired) electrons. The Morgan fingerprint density at radius 3 is 2.58 bits per heavy atom. The van der Waals surface area contributed by atoms with E-state index in [1.807, 2.05) is 0 Å². The number of hydrogen-bond acceptors (Lipinski definition) is 4. The third-order valence-electron chi connectivity index (χ3n) is 5.76. The molecular formula is C21H33N3O2. The smallest absolute Gasteiger partial charge is 0.234 e. The van der Waals surface area contributed by atoms with Crippen LogP contribution in [0.4, 0.5) is 0 Å². The monoisotopic (exact) mass is 359 g/mol. The van der Waals surface area contributed by atoms with Crippen LogP contribution >= 0.6 is 0 Å². The lowest BCUT2D eigenvalue weighted by molar-refractivity contribution is -0.123. The molecule has 5 nitrogen and oxygen atoms in total. The number of carbonyl (C=O) groups is 1. The summed E-state index contributed by atoms with van der Waals surface area (Å²) in [6, 6.07) is 7.14. The van der Waals surface area contributed by atoms with Crippen molar-refractivity contribution in [2.75, 3.05) is 45.9 Å². The number of hydrogen-bond donors (Lipinski definition) is 1. The van der Waals surface area contributed by atoms with Crippen molar-refractivity contribution < 1.29 is 9.53 Å². The number of nitrogens with one attached hydrogen (secondary N) is 1. The molecule has 2 fully saturated rings. The number of piperazine rings is 1. The van der Waals surface area contributed by atoms with E-state index < -0.39 is 0 Å². The van der Waals surface area contributed by atoms with Gasteiger partial charge >= 0.3 is 0 Å². The zero-order chi connectivity index (χ0) is 18.5. The Hall–Kier alpha value is -1.43. The van der Waals surface area contributed by atoms with Gasteiger partial charge in [-0.3, -0.25) is 14.6 Å². The van der Waals surface area contributed by atoms with E-state index in [2.05, 4.69) is 54.1 Å². The largest absolute Gasteiger partial charge is 0.381 e. The molecule has 0 bridgehead atoms. The fourth-order valence-electron chi connectivity index (χ4n) is 4.13. The highest BCUT2D eigenvalue weighted by atomic mass is 16.5. The molecule has 0 saturated carbocycles. The Kier molecular flexibility index (Phi) is 6.68. The van der Waals surface area contributed by atoms with Crippen molar-refractivity contribution in [1.29, 1.82) is 0 Å². The Morgan fingerprint density at radius 1 is 1.19 bits per heavy atom. The second-order valence-corrected chi connectivity index (χ2v) is 7.80. The number of nitrogens with zero attached hydrogens (tertiary/aromatic N) is 2. The summed E-state index contributed by atoms with van der Waals surface area (Å²) in [6.07, 6.45) is 2.29. The van der Waals surface area contributed by atoms with E-state index >= 15 is 0 Å². The summed E-state index contributed by atoms with van der Waals surface area (Å²) in [5.74, 6) is 0.123. The van der Waals surface area contributed by atoms with Crippen molar-refractivity contribution in [1.82, 2.24) is 15.1 Å². The van der Waals surface area contributed by atoms with Crippen LogP contribution in [-0.2, 0) is 9.53 Å². The van der Waals surface area contributed by atoms with Crippen LogP contribution in [-0.4, -0.2) is 67.7 Å². The van der Waals surface area contributed by atoms with Crippen molar-refractivity contribution in [3.63, 3.8) is 0 Å². The predicted molar refractivity (Wildman–Crippen MR) is 104 cm³/mol. The average molecular weight is 360 g/mol. The third kappa shape index (κ3) is 5.06. The van der Waals surface area contributed by atoms with Crippen LogP contribution in [0, 0.1) is 13.8 Å². The fourth-order valence-corrected chi connectivity index (χ4v) is 4.13. The number of benzene rings is 1. The topological polar surface area (TPSA) is 44.8 Å². The highest BCUT2D eigenvalue weighted by Crippen LogP contribution is 2.19. The molecule has 0 aliphatic carbocycles. The average Bonchev–Trinajstić information content (AvgIpc) is 2.65. The number of rotatable bonds is 5. The first-order valence-electron chi connectivity index (χ1n) is 9.93. The second kappa shape index (κ2) is 8.98. The lowest BCUT2D eigenvalue weighted by atomic mass is 10.00. The van der Waals surface area contributed by atoms with Gasteiger partial charge < -0.3 is 10.1 Å². The minimum atomic E-state index is 0.0472. The normalized spacial score (nSPS) is 21.5. The van der Waals surface area contributed by atoms with E-state index in [1.165, 1.54) is 16.7 Å². The van der Waals surface area contributed by atoms with Crippen molar-refractivity contribution in [3.05, 3.63) is 34.9 Å². The number of carbonyl (C=O) groups excluding carboxylic acids is 1. The third-order valence-corrected chi connectivity index (χ3v) is 5.76. The molecule has 1 amide bonds. The fraction of sp³-hybridized carbons (Fsp3) is 0.667. The van der Waals surface area contributed by atoms with E-state index in [4.69, 9.17) is 4.74 Å². The SMILES string of the molecule is Cc1ccc(C)c(C(C)NC(=O)CN2CCN(C3CCOCC3)CC2)c1. The van der Waals surface area contributed by atoms with E-state index in [0.717, 1.165) is 52.2 Å². The van der Waals surface area contributed by atoms with Crippen molar-refractivity contribution in [2.24, 2.45) is 0 Å². The van der Waals surface area contributed by atoms with E-state index in [-0.39, 0.29) is 11.9 Å². The molecule has 3 rings (SSSR count). The zero-order valence-electron chi connectivity index (χ0n) is 16.5. The molecule has 1 atom stereocenters. The van der Waals surface area contributed by atoms with Crippen LogP contribution in [0.5, 0.6) is 0 Å². The molecule has 26 heavy (non-hydrogen) atoms. The summed E-state index contributed by atoms with van der Waals surface area (Å²) in [5.41, 5.74) is 3.67. The van der Waals surface area contributed by atoms with Crippen molar-refractivity contribution in [3.8, 4) is 0 Å². The van der Waals surface area contributed by atoms with E-state index in [1.54, 1.807) is 0 Å². The van der Waals surface area contributed by atoms with Crippen LogP contribution < -0.4 is 5.32 Å². The van der Waals surface area contributed by atoms with Crippen LogP contribution in [0.2, 0.25) is 0 Å². The summed E-state index contributed by atoms with van der Waals surface area (Å²) < 4.78 is 5.46. The van der Waals surface area contributed by atoms with Gasteiger partial charge in [-0.25, -0.2) is 0 Å². The molecule has 0 spiro atoms. The van der Waals surface area contributed by atoms with Crippen LogP contribution in [0.1, 0.15) is 42.5 Å². The zero-order valence-corrected chi connectivity index (χ0v) is 16.5. The molecule has 2 saturated heterocycles. The van der Waals surface area contributed by atoms with Gasteiger partial charge in [0.05, 0.1) is 12.6 Å².